The van der Waals surface area contributed by atoms with Crippen molar-refractivity contribution >= 4 is 0 Å². The normalized spacial score (nSPS) is 31.9. The molecule has 1 spiro atoms. The largest absolute Gasteiger partial charge is 0.458 e. The molecule has 2 aliphatic heterocycles. The fourth-order valence-corrected chi connectivity index (χ4v) is 1.78. The van der Waals surface area contributed by atoms with Crippen LogP contribution in [0.3, 0.4) is 0 Å². The van der Waals surface area contributed by atoms with Gasteiger partial charge in [0.2, 0.25) is 5.79 Å². The van der Waals surface area contributed by atoms with E-state index >= 15 is 0 Å². The van der Waals surface area contributed by atoms with Gasteiger partial charge in [0.25, 0.3) is 0 Å². The summed E-state index contributed by atoms with van der Waals surface area (Å²) in [6.07, 6.45) is 6.91. The third kappa shape index (κ3) is 2.71. The molecule has 17 heavy (non-hydrogen) atoms. The van der Waals surface area contributed by atoms with Gasteiger partial charge in [0.05, 0.1) is 0 Å². The summed E-state index contributed by atoms with van der Waals surface area (Å²) >= 11 is 0. The highest BCUT2D eigenvalue weighted by atomic mass is 16.8. The quantitative estimate of drug-likeness (QED) is 0.644. The number of allylic oxidation sites excluding steroid dienone is 2. The third-order valence-corrected chi connectivity index (χ3v) is 2.59. The molecule has 3 nitrogen and oxygen atoms in total. The van der Waals surface area contributed by atoms with E-state index in [0.717, 1.165) is 12.8 Å². The van der Waals surface area contributed by atoms with Crippen molar-refractivity contribution in [1.82, 2.24) is 0 Å². The zero-order chi connectivity index (χ0) is 12.1. The van der Waals surface area contributed by atoms with Gasteiger partial charge in [0.1, 0.15) is 5.76 Å². The first-order valence-electron chi connectivity index (χ1n) is 5.49. The van der Waals surface area contributed by atoms with E-state index in [1.54, 1.807) is 20.1 Å². The molecule has 0 aromatic heterocycles. The van der Waals surface area contributed by atoms with Crippen molar-refractivity contribution < 1.29 is 14.2 Å². The second-order valence-electron chi connectivity index (χ2n) is 3.76. The van der Waals surface area contributed by atoms with E-state index in [2.05, 4.69) is 23.7 Å². The Kier molecular flexibility index (Phi) is 3.54. The molecule has 1 unspecified atom stereocenters. The predicted octanol–water partition coefficient (Wildman–Crippen LogP) is 1.96. The van der Waals surface area contributed by atoms with E-state index in [9.17, 15) is 0 Å². The summed E-state index contributed by atoms with van der Waals surface area (Å²) in [6.45, 7) is 1.75. The van der Waals surface area contributed by atoms with Crippen LogP contribution in [-0.4, -0.2) is 19.2 Å². The molecule has 0 radical (unpaired) electrons. The lowest BCUT2D eigenvalue weighted by Crippen LogP contribution is -2.27. The molecule has 0 saturated carbocycles. The summed E-state index contributed by atoms with van der Waals surface area (Å²) < 4.78 is 16.5. The summed E-state index contributed by atoms with van der Waals surface area (Å²) in [5.74, 6) is 10.9. The third-order valence-electron chi connectivity index (χ3n) is 2.59. The number of hydrogen-bond donors (Lipinski definition) is 0. The monoisotopic (exact) mass is 230 g/mol. The molecule has 2 rings (SSSR count). The fourth-order valence-electron chi connectivity index (χ4n) is 1.78. The van der Waals surface area contributed by atoms with E-state index in [1.807, 2.05) is 12.2 Å². The van der Waals surface area contributed by atoms with Gasteiger partial charge < -0.3 is 14.2 Å². The molecular formula is C14H14O3. The van der Waals surface area contributed by atoms with Gasteiger partial charge in [-0.1, -0.05) is 11.8 Å². The molecule has 0 aromatic rings. The maximum atomic E-state index is 5.72. The van der Waals surface area contributed by atoms with Crippen LogP contribution in [0.1, 0.15) is 19.8 Å². The first-order valence-corrected chi connectivity index (χ1v) is 5.49. The Morgan fingerprint density at radius 2 is 2.41 bits per heavy atom. The van der Waals surface area contributed by atoms with Crippen molar-refractivity contribution in [1.29, 1.82) is 0 Å². The van der Waals surface area contributed by atoms with Gasteiger partial charge in [-0.05, 0) is 30.9 Å². The molecular weight excluding hydrogens is 216 g/mol. The van der Waals surface area contributed by atoms with Crippen LogP contribution >= 0.6 is 0 Å². The first-order chi connectivity index (χ1) is 8.28. The second-order valence-corrected chi connectivity index (χ2v) is 3.76. The zero-order valence-electron chi connectivity index (χ0n) is 9.95. The second kappa shape index (κ2) is 5.10. The number of hydrogen-bond acceptors (Lipinski definition) is 3. The molecule has 1 fully saturated rings. The van der Waals surface area contributed by atoms with Crippen LogP contribution in [0, 0.1) is 23.7 Å². The number of rotatable bonds is 1. The number of ether oxygens (including phenoxy) is 3. The molecule has 0 bridgehead atoms. The van der Waals surface area contributed by atoms with Crippen molar-refractivity contribution in [2.24, 2.45) is 0 Å². The van der Waals surface area contributed by atoms with Crippen molar-refractivity contribution in [3.8, 4) is 23.7 Å². The van der Waals surface area contributed by atoms with Crippen molar-refractivity contribution in [3.63, 3.8) is 0 Å². The minimum absolute atomic E-state index is 0.184. The van der Waals surface area contributed by atoms with E-state index in [0.29, 0.717) is 5.76 Å². The van der Waals surface area contributed by atoms with Gasteiger partial charge in [-0.3, -0.25) is 0 Å². The zero-order valence-corrected chi connectivity index (χ0v) is 9.95. The average molecular weight is 230 g/mol. The molecule has 3 heteroatoms. The van der Waals surface area contributed by atoms with Gasteiger partial charge in [-0.15, -0.1) is 0 Å². The lowest BCUT2D eigenvalue weighted by atomic mass is 10.2. The van der Waals surface area contributed by atoms with Crippen LogP contribution in [0.25, 0.3) is 0 Å². The van der Waals surface area contributed by atoms with Crippen LogP contribution in [0.15, 0.2) is 24.0 Å². The summed E-state index contributed by atoms with van der Waals surface area (Å²) in [6, 6.07) is 0. The maximum Gasteiger partial charge on any atom is 0.233 e. The predicted molar refractivity (Wildman–Crippen MR) is 63.4 cm³/mol. The lowest BCUT2D eigenvalue weighted by molar-refractivity contribution is -0.218. The van der Waals surface area contributed by atoms with Crippen molar-refractivity contribution in [2.45, 2.75) is 31.8 Å². The van der Waals surface area contributed by atoms with Gasteiger partial charge in [-0.2, -0.15) is 0 Å². The highest BCUT2D eigenvalue weighted by molar-refractivity contribution is 5.35. The molecule has 2 heterocycles. The van der Waals surface area contributed by atoms with Crippen LogP contribution in [0.4, 0.5) is 0 Å². The van der Waals surface area contributed by atoms with Gasteiger partial charge >= 0.3 is 0 Å². The Labute approximate surface area is 101 Å². The standard InChI is InChI=1S/C14H14O3/c1-3-4-5-6-7-12-8-10-14(16-12)11-9-13(15-2)17-14/h7-8,10,13H,9,11H2,1-2H3/b12-7-/t13?,14-/m1/s1. The maximum absolute atomic E-state index is 5.72. The molecule has 0 amide bonds. The first kappa shape index (κ1) is 11.8. The van der Waals surface area contributed by atoms with Crippen molar-refractivity contribution in [2.75, 3.05) is 7.11 Å². The molecule has 88 valence electrons. The Morgan fingerprint density at radius 3 is 3.12 bits per heavy atom. The van der Waals surface area contributed by atoms with Gasteiger partial charge in [0.15, 0.2) is 6.29 Å². The average Bonchev–Trinajstić information content (AvgIpc) is 2.93. The highest BCUT2D eigenvalue weighted by Crippen LogP contribution is 2.38. The van der Waals surface area contributed by atoms with Gasteiger partial charge in [-0.25, -0.2) is 0 Å². The summed E-state index contributed by atoms with van der Waals surface area (Å²) in [4.78, 5) is 0. The van der Waals surface area contributed by atoms with E-state index in [1.165, 1.54) is 0 Å². The minimum Gasteiger partial charge on any atom is -0.458 e. The Bertz CT molecular complexity index is 467. The summed E-state index contributed by atoms with van der Waals surface area (Å²) in [5, 5.41) is 0. The summed E-state index contributed by atoms with van der Waals surface area (Å²) in [5.41, 5.74) is 0. The highest BCUT2D eigenvalue weighted by Gasteiger charge is 2.43. The van der Waals surface area contributed by atoms with E-state index in [4.69, 9.17) is 14.2 Å². The lowest BCUT2D eigenvalue weighted by Gasteiger charge is -2.22. The van der Waals surface area contributed by atoms with Crippen LogP contribution in [0.2, 0.25) is 0 Å². The molecule has 2 atom stereocenters. The molecule has 1 saturated heterocycles. The van der Waals surface area contributed by atoms with E-state index in [-0.39, 0.29) is 6.29 Å². The molecule has 0 N–H and O–H groups in total. The van der Waals surface area contributed by atoms with Crippen LogP contribution in [-0.2, 0) is 14.2 Å². The molecule has 0 aliphatic carbocycles. The minimum atomic E-state index is -0.648. The van der Waals surface area contributed by atoms with Crippen LogP contribution < -0.4 is 0 Å². The smallest absolute Gasteiger partial charge is 0.233 e. The Morgan fingerprint density at radius 1 is 1.53 bits per heavy atom. The number of methoxy groups -OCH3 is 1. The summed E-state index contributed by atoms with van der Waals surface area (Å²) in [7, 11) is 1.63. The SMILES string of the molecule is CC#CC#C/C=C1/C=C[C@@]2(CCC(OC)O2)O1. The Hall–Kier alpha value is -1.68. The van der Waals surface area contributed by atoms with Crippen LogP contribution in [0.5, 0.6) is 0 Å². The molecule has 0 aromatic carbocycles. The van der Waals surface area contributed by atoms with Crippen molar-refractivity contribution in [3.05, 3.63) is 24.0 Å². The Balaban J connectivity index is 1.99. The molecule has 2 aliphatic rings. The topological polar surface area (TPSA) is 27.7 Å². The van der Waals surface area contributed by atoms with Gasteiger partial charge in [0, 0.05) is 26.0 Å². The fraction of sp³-hybridized carbons (Fsp3) is 0.429. The van der Waals surface area contributed by atoms with E-state index < -0.39 is 5.79 Å².